The number of halogens is 1. The second kappa shape index (κ2) is 11.3. The van der Waals surface area contributed by atoms with Crippen molar-refractivity contribution in [3.8, 4) is 0 Å². The Morgan fingerprint density at radius 2 is 2.00 bits per heavy atom. The minimum absolute atomic E-state index is 0.0214. The normalized spacial score (nSPS) is 18.5. The molecule has 1 heterocycles. The van der Waals surface area contributed by atoms with Gasteiger partial charge >= 0.3 is 0 Å². The lowest BCUT2D eigenvalue weighted by Crippen LogP contribution is -2.41. The molecule has 2 N–H and O–H groups in total. The van der Waals surface area contributed by atoms with Gasteiger partial charge in [0.05, 0.1) is 11.3 Å². The third-order valence-electron chi connectivity index (χ3n) is 5.65. The average molecular weight is 448 g/mol. The maximum absolute atomic E-state index is 13.7. The van der Waals surface area contributed by atoms with Crippen molar-refractivity contribution in [3.63, 3.8) is 0 Å². The van der Waals surface area contributed by atoms with E-state index in [2.05, 4.69) is 27.8 Å². The number of amides is 2. The standard InChI is InChI=1S/C22H30FN5O2S/c1-3-28-19(12-13-24-21(30)16-9-5-6-10-17(16)23)26-27-22(28)31-14-20(29)25-18-11-7-4-8-15(18)2/h5-6,9-10,15,18H,3-4,7-8,11-14H2,1-2H3,(H,24,30)(H,25,29)/t15-,18+/m1/s1. The minimum Gasteiger partial charge on any atom is -0.352 e. The summed E-state index contributed by atoms with van der Waals surface area (Å²) in [6.07, 6.45) is 5.09. The van der Waals surface area contributed by atoms with Crippen LogP contribution in [0.25, 0.3) is 0 Å². The maximum Gasteiger partial charge on any atom is 0.254 e. The summed E-state index contributed by atoms with van der Waals surface area (Å²) in [5.74, 6) is 0.562. The van der Waals surface area contributed by atoms with E-state index in [4.69, 9.17) is 0 Å². The summed E-state index contributed by atoms with van der Waals surface area (Å²) in [6, 6.07) is 6.15. The van der Waals surface area contributed by atoms with Crippen molar-refractivity contribution in [2.75, 3.05) is 12.3 Å². The number of hydrogen-bond acceptors (Lipinski definition) is 5. The molecule has 7 nitrogen and oxygen atoms in total. The van der Waals surface area contributed by atoms with Crippen LogP contribution in [0.4, 0.5) is 4.39 Å². The number of carbonyl (C=O) groups is 2. The van der Waals surface area contributed by atoms with Crippen LogP contribution >= 0.6 is 11.8 Å². The van der Waals surface area contributed by atoms with E-state index in [0.717, 1.165) is 12.2 Å². The van der Waals surface area contributed by atoms with E-state index in [9.17, 15) is 14.0 Å². The summed E-state index contributed by atoms with van der Waals surface area (Å²) < 4.78 is 15.6. The molecule has 0 bridgehead atoms. The fraction of sp³-hybridized carbons (Fsp3) is 0.545. The van der Waals surface area contributed by atoms with E-state index < -0.39 is 11.7 Å². The molecule has 0 saturated heterocycles. The zero-order valence-electron chi connectivity index (χ0n) is 18.1. The highest BCUT2D eigenvalue weighted by atomic mass is 32.2. The van der Waals surface area contributed by atoms with Crippen LogP contribution in [-0.2, 0) is 17.8 Å². The Balaban J connectivity index is 1.49. The first-order valence-corrected chi connectivity index (χ1v) is 11.8. The summed E-state index contributed by atoms with van der Waals surface area (Å²) in [5, 5.41) is 15.0. The molecule has 1 aliphatic carbocycles. The summed E-state index contributed by atoms with van der Waals surface area (Å²) in [4.78, 5) is 24.5. The van der Waals surface area contributed by atoms with Crippen LogP contribution in [0.5, 0.6) is 0 Å². The van der Waals surface area contributed by atoms with Gasteiger partial charge in [0.2, 0.25) is 5.91 Å². The highest BCUT2D eigenvalue weighted by Gasteiger charge is 2.23. The SMILES string of the molecule is CCn1c(CCNC(=O)c2ccccc2F)nnc1SCC(=O)N[C@H]1CCCC[C@H]1C. The molecule has 1 fully saturated rings. The molecular formula is C22H30FN5O2S. The summed E-state index contributed by atoms with van der Waals surface area (Å²) >= 11 is 1.37. The van der Waals surface area contributed by atoms with Crippen LogP contribution in [0.3, 0.4) is 0 Å². The number of rotatable bonds is 9. The molecule has 2 atom stereocenters. The lowest BCUT2D eigenvalue weighted by atomic mass is 9.86. The number of hydrogen-bond donors (Lipinski definition) is 2. The van der Waals surface area contributed by atoms with Crippen molar-refractivity contribution in [3.05, 3.63) is 41.5 Å². The van der Waals surface area contributed by atoms with Gasteiger partial charge in [-0.3, -0.25) is 9.59 Å². The van der Waals surface area contributed by atoms with Gasteiger partial charge in [0.15, 0.2) is 5.16 Å². The highest BCUT2D eigenvalue weighted by Crippen LogP contribution is 2.24. The van der Waals surface area contributed by atoms with Crippen molar-refractivity contribution >= 4 is 23.6 Å². The molecule has 1 aromatic carbocycles. The molecule has 1 saturated carbocycles. The first kappa shape index (κ1) is 23.2. The van der Waals surface area contributed by atoms with Crippen LogP contribution in [0.15, 0.2) is 29.4 Å². The zero-order valence-corrected chi connectivity index (χ0v) is 18.9. The minimum atomic E-state index is -0.545. The monoisotopic (exact) mass is 447 g/mol. The van der Waals surface area contributed by atoms with Gasteiger partial charge in [-0.2, -0.15) is 0 Å². The summed E-state index contributed by atoms with van der Waals surface area (Å²) in [7, 11) is 0. The van der Waals surface area contributed by atoms with E-state index in [1.807, 2.05) is 11.5 Å². The van der Waals surface area contributed by atoms with Gasteiger partial charge in [-0.05, 0) is 37.8 Å². The highest BCUT2D eigenvalue weighted by molar-refractivity contribution is 7.99. The van der Waals surface area contributed by atoms with Gasteiger partial charge in [-0.1, -0.05) is 43.7 Å². The quantitative estimate of drug-likeness (QED) is 0.577. The molecule has 9 heteroatoms. The van der Waals surface area contributed by atoms with Gasteiger partial charge in [0, 0.05) is 25.6 Å². The number of carbonyl (C=O) groups excluding carboxylic acids is 2. The largest absolute Gasteiger partial charge is 0.352 e. The van der Waals surface area contributed by atoms with Crippen LogP contribution in [-0.4, -0.2) is 44.9 Å². The number of aromatic nitrogens is 3. The summed E-state index contributed by atoms with van der Waals surface area (Å²) in [5.41, 5.74) is 0.0222. The average Bonchev–Trinajstić information content (AvgIpc) is 3.16. The van der Waals surface area contributed by atoms with Crippen molar-refractivity contribution in [1.82, 2.24) is 25.4 Å². The Morgan fingerprint density at radius 1 is 1.23 bits per heavy atom. The third-order valence-corrected chi connectivity index (χ3v) is 6.62. The molecule has 0 aliphatic heterocycles. The third kappa shape index (κ3) is 6.29. The van der Waals surface area contributed by atoms with Crippen molar-refractivity contribution in [2.24, 2.45) is 5.92 Å². The topological polar surface area (TPSA) is 88.9 Å². The Bertz CT molecular complexity index is 904. The maximum atomic E-state index is 13.7. The Kier molecular flexibility index (Phi) is 8.45. The molecule has 3 rings (SSSR count). The predicted molar refractivity (Wildman–Crippen MR) is 118 cm³/mol. The number of thioether (sulfide) groups is 1. The second-order valence-electron chi connectivity index (χ2n) is 7.85. The first-order valence-electron chi connectivity index (χ1n) is 10.9. The van der Waals surface area contributed by atoms with E-state index >= 15 is 0 Å². The van der Waals surface area contributed by atoms with E-state index in [1.165, 1.54) is 43.2 Å². The lowest BCUT2D eigenvalue weighted by Gasteiger charge is -2.29. The summed E-state index contributed by atoms with van der Waals surface area (Å²) in [6.45, 7) is 5.16. The van der Waals surface area contributed by atoms with Gasteiger partial charge in [0.25, 0.3) is 5.91 Å². The molecule has 2 aromatic rings. The van der Waals surface area contributed by atoms with Crippen LogP contribution < -0.4 is 10.6 Å². The molecule has 1 aliphatic rings. The molecule has 31 heavy (non-hydrogen) atoms. The molecule has 0 spiro atoms. The molecule has 0 unspecified atom stereocenters. The van der Waals surface area contributed by atoms with Gasteiger partial charge in [-0.15, -0.1) is 10.2 Å². The Morgan fingerprint density at radius 3 is 2.74 bits per heavy atom. The van der Waals surface area contributed by atoms with E-state index in [-0.39, 0.29) is 17.5 Å². The molecule has 2 amide bonds. The fourth-order valence-corrected chi connectivity index (χ4v) is 4.70. The van der Waals surface area contributed by atoms with Crippen LogP contribution in [0, 0.1) is 11.7 Å². The van der Waals surface area contributed by atoms with Crippen LogP contribution in [0.1, 0.15) is 55.7 Å². The Labute approximate surface area is 186 Å². The lowest BCUT2D eigenvalue weighted by molar-refractivity contribution is -0.119. The molecule has 168 valence electrons. The predicted octanol–water partition coefficient (Wildman–Crippen LogP) is 3.20. The molecule has 1 aromatic heterocycles. The zero-order chi connectivity index (χ0) is 22.2. The number of nitrogens with zero attached hydrogens (tertiary/aromatic N) is 3. The van der Waals surface area contributed by atoms with Gasteiger partial charge in [0.1, 0.15) is 11.6 Å². The Hall–Kier alpha value is -2.42. The number of benzene rings is 1. The smallest absolute Gasteiger partial charge is 0.254 e. The van der Waals surface area contributed by atoms with Crippen molar-refractivity contribution in [1.29, 1.82) is 0 Å². The van der Waals surface area contributed by atoms with Crippen molar-refractivity contribution in [2.45, 2.75) is 63.7 Å². The number of nitrogens with one attached hydrogen (secondary N) is 2. The van der Waals surface area contributed by atoms with Crippen molar-refractivity contribution < 1.29 is 14.0 Å². The molecular weight excluding hydrogens is 417 g/mol. The van der Waals surface area contributed by atoms with E-state index in [1.54, 1.807) is 12.1 Å². The first-order chi connectivity index (χ1) is 15.0. The molecule has 0 radical (unpaired) electrons. The van der Waals surface area contributed by atoms with Crippen LogP contribution in [0.2, 0.25) is 0 Å². The second-order valence-corrected chi connectivity index (χ2v) is 8.80. The van der Waals surface area contributed by atoms with Gasteiger partial charge < -0.3 is 15.2 Å². The van der Waals surface area contributed by atoms with Gasteiger partial charge in [-0.25, -0.2) is 4.39 Å². The fourth-order valence-electron chi connectivity index (χ4n) is 3.87. The van der Waals surface area contributed by atoms with E-state index in [0.29, 0.717) is 36.3 Å².